The summed E-state index contributed by atoms with van der Waals surface area (Å²) in [5.41, 5.74) is 4.99. The number of benzene rings is 2. The van der Waals surface area contributed by atoms with E-state index in [1.54, 1.807) is 7.11 Å². The van der Waals surface area contributed by atoms with Crippen molar-refractivity contribution in [2.45, 2.75) is 33.2 Å². The van der Waals surface area contributed by atoms with Gasteiger partial charge in [0.05, 0.1) is 18.5 Å². The molecule has 1 N–H and O–H groups in total. The third-order valence-electron chi connectivity index (χ3n) is 4.72. The van der Waals surface area contributed by atoms with Crippen molar-refractivity contribution in [1.82, 2.24) is 15.1 Å². The van der Waals surface area contributed by atoms with E-state index in [4.69, 9.17) is 16.3 Å². The van der Waals surface area contributed by atoms with Crippen LogP contribution in [0.15, 0.2) is 48.5 Å². The molecular formula is C22H24ClN3O2. The van der Waals surface area contributed by atoms with Crippen LogP contribution in [0.3, 0.4) is 0 Å². The monoisotopic (exact) mass is 397 g/mol. The SMILES string of the molecule is COc1cccc(-n2nc(C)c(CCC(=O)NCc3cccc(Cl)c3)c2C)c1. The highest BCUT2D eigenvalue weighted by atomic mass is 35.5. The summed E-state index contributed by atoms with van der Waals surface area (Å²) < 4.78 is 7.20. The summed E-state index contributed by atoms with van der Waals surface area (Å²) in [4.78, 5) is 12.3. The van der Waals surface area contributed by atoms with Gasteiger partial charge in [-0.1, -0.05) is 29.8 Å². The van der Waals surface area contributed by atoms with E-state index >= 15 is 0 Å². The van der Waals surface area contributed by atoms with Crippen LogP contribution in [0.1, 0.15) is 28.9 Å². The normalized spacial score (nSPS) is 10.7. The van der Waals surface area contributed by atoms with Crippen molar-refractivity contribution in [2.75, 3.05) is 7.11 Å². The third-order valence-corrected chi connectivity index (χ3v) is 4.95. The average Bonchev–Trinajstić information content (AvgIpc) is 2.98. The van der Waals surface area contributed by atoms with Gasteiger partial charge in [-0.25, -0.2) is 4.68 Å². The molecule has 1 aromatic heterocycles. The lowest BCUT2D eigenvalue weighted by molar-refractivity contribution is -0.121. The standard InChI is InChI=1S/C22H24ClN3O2/c1-15-21(10-11-22(27)24-14-17-6-4-7-18(23)12-17)16(2)26(25-15)19-8-5-9-20(13-19)28-3/h4-9,12-13H,10-11,14H2,1-3H3,(H,24,27). The van der Waals surface area contributed by atoms with Crippen LogP contribution >= 0.6 is 11.6 Å². The van der Waals surface area contributed by atoms with E-state index in [0.717, 1.165) is 34.0 Å². The van der Waals surface area contributed by atoms with Crippen LogP contribution in [0.2, 0.25) is 5.02 Å². The summed E-state index contributed by atoms with van der Waals surface area (Å²) >= 11 is 5.98. The minimum absolute atomic E-state index is 0.00732. The number of hydrogen-bond acceptors (Lipinski definition) is 3. The van der Waals surface area contributed by atoms with Crippen molar-refractivity contribution >= 4 is 17.5 Å². The van der Waals surface area contributed by atoms with Gasteiger partial charge in [0.25, 0.3) is 0 Å². The molecule has 1 heterocycles. The van der Waals surface area contributed by atoms with E-state index in [-0.39, 0.29) is 5.91 Å². The zero-order valence-electron chi connectivity index (χ0n) is 16.3. The molecule has 0 aliphatic carbocycles. The number of aryl methyl sites for hydroxylation is 1. The van der Waals surface area contributed by atoms with Gasteiger partial charge in [-0.3, -0.25) is 4.79 Å². The average molecular weight is 398 g/mol. The number of aromatic nitrogens is 2. The molecule has 28 heavy (non-hydrogen) atoms. The number of rotatable bonds is 7. The van der Waals surface area contributed by atoms with Crippen LogP contribution in [0.5, 0.6) is 5.75 Å². The number of nitrogens with zero attached hydrogens (tertiary/aromatic N) is 2. The van der Waals surface area contributed by atoms with Gasteiger partial charge in [0, 0.05) is 29.7 Å². The zero-order valence-corrected chi connectivity index (χ0v) is 17.1. The fourth-order valence-corrected chi connectivity index (χ4v) is 3.42. The van der Waals surface area contributed by atoms with E-state index in [1.165, 1.54) is 0 Å². The summed E-state index contributed by atoms with van der Waals surface area (Å²) in [6.07, 6.45) is 1.05. The molecule has 3 rings (SSSR count). The van der Waals surface area contributed by atoms with Crippen LogP contribution < -0.4 is 10.1 Å². The largest absolute Gasteiger partial charge is 0.497 e. The van der Waals surface area contributed by atoms with E-state index in [9.17, 15) is 4.79 Å². The molecule has 0 unspecified atom stereocenters. The zero-order chi connectivity index (χ0) is 20.1. The molecule has 0 aliphatic rings. The first kappa shape index (κ1) is 20.0. The van der Waals surface area contributed by atoms with Crippen LogP contribution in [0.4, 0.5) is 0 Å². The number of halogens is 1. The summed E-state index contributed by atoms with van der Waals surface area (Å²) in [5, 5.41) is 8.27. The molecular weight excluding hydrogens is 374 g/mol. The first-order valence-electron chi connectivity index (χ1n) is 9.18. The van der Waals surface area contributed by atoms with Crippen LogP contribution in [0, 0.1) is 13.8 Å². The van der Waals surface area contributed by atoms with E-state index in [1.807, 2.05) is 67.1 Å². The summed E-state index contributed by atoms with van der Waals surface area (Å²) in [6.45, 7) is 4.47. The summed E-state index contributed by atoms with van der Waals surface area (Å²) in [5.74, 6) is 0.792. The number of amides is 1. The number of methoxy groups -OCH3 is 1. The Morgan fingerprint density at radius 3 is 2.71 bits per heavy atom. The van der Waals surface area contributed by atoms with Gasteiger partial charge < -0.3 is 10.1 Å². The maximum Gasteiger partial charge on any atom is 0.220 e. The molecule has 3 aromatic rings. The fourth-order valence-electron chi connectivity index (χ4n) is 3.20. The lowest BCUT2D eigenvalue weighted by Crippen LogP contribution is -2.23. The second-order valence-electron chi connectivity index (χ2n) is 6.67. The molecule has 5 nitrogen and oxygen atoms in total. The van der Waals surface area contributed by atoms with Gasteiger partial charge in [0.15, 0.2) is 0 Å². The van der Waals surface area contributed by atoms with Gasteiger partial charge in [-0.2, -0.15) is 5.10 Å². The Labute approximate surface area is 170 Å². The van der Waals surface area contributed by atoms with E-state index in [0.29, 0.717) is 24.4 Å². The highest BCUT2D eigenvalue weighted by molar-refractivity contribution is 6.30. The third kappa shape index (κ3) is 4.73. The Kier molecular flexibility index (Phi) is 6.37. The van der Waals surface area contributed by atoms with E-state index in [2.05, 4.69) is 10.4 Å². The minimum atomic E-state index is 0.00732. The van der Waals surface area contributed by atoms with Crippen LogP contribution in [-0.2, 0) is 17.8 Å². The molecule has 0 saturated heterocycles. The molecule has 146 valence electrons. The number of hydrogen-bond donors (Lipinski definition) is 1. The van der Waals surface area contributed by atoms with Gasteiger partial charge >= 0.3 is 0 Å². The molecule has 6 heteroatoms. The molecule has 0 spiro atoms. The highest BCUT2D eigenvalue weighted by Crippen LogP contribution is 2.22. The van der Waals surface area contributed by atoms with Crippen LogP contribution in [0.25, 0.3) is 5.69 Å². The second-order valence-corrected chi connectivity index (χ2v) is 7.11. The first-order chi connectivity index (χ1) is 13.5. The lowest BCUT2D eigenvalue weighted by atomic mass is 10.1. The predicted molar refractivity (Wildman–Crippen MR) is 111 cm³/mol. The molecule has 0 aliphatic heterocycles. The van der Waals surface area contributed by atoms with Crippen molar-refractivity contribution in [3.63, 3.8) is 0 Å². The van der Waals surface area contributed by atoms with Crippen molar-refractivity contribution in [1.29, 1.82) is 0 Å². The number of carbonyl (C=O) groups is 1. The van der Waals surface area contributed by atoms with Gasteiger partial charge in [0.2, 0.25) is 5.91 Å². The van der Waals surface area contributed by atoms with Gasteiger partial charge in [0.1, 0.15) is 5.75 Å². The number of carbonyl (C=O) groups excluding carboxylic acids is 1. The molecule has 0 bridgehead atoms. The first-order valence-corrected chi connectivity index (χ1v) is 9.56. The smallest absolute Gasteiger partial charge is 0.220 e. The minimum Gasteiger partial charge on any atom is -0.497 e. The maximum atomic E-state index is 12.3. The lowest BCUT2D eigenvalue weighted by Gasteiger charge is -2.08. The Hall–Kier alpha value is -2.79. The Balaban J connectivity index is 1.64. The van der Waals surface area contributed by atoms with Crippen molar-refractivity contribution in [3.05, 3.63) is 76.1 Å². The fraction of sp³-hybridized carbons (Fsp3) is 0.273. The van der Waals surface area contributed by atoms with Crippen LogP contribution in [-0.4, -0.2) is 22.8 Å². The molecule has 0 fully saturated rings. The highest BCUT2D eigenvalue weighted by Gasteiger charge is 2.14. The van der Waals surface area contributed by atoms with E-state index < -0.39 is 0 Å². The predicted octanol–water partition coefficient (Wildman–Crippen LogP) is 4.40. The van der Waals surface area contributed by atoms with Gasteiger partial charge in [-0.15, -0.1) is 0 Å². The Morgan fingerprint density at radius 1 is 1.18 bits per heavy atom. The Bertz CT molecular complexity index is 982. The second kappa shape index (κ2) is 8.93. The van der Waals surface area contributed by atoms with Crippen molar-refractivity contribution in [3.8, 4) is 11.4 Å². The molecule has 1 amide bonds. The van der Waals surface area contributed by atoms with Crippen molar-refractivity contribution < 1.29 is 9.53 Å². The quantitative estimate of drug-likeness (QED) is 0.642. The topological polar surface area (TPSA) is 56.2 Å². The molecule has 0 radical (unpaired) electrons. The molecule has 0 saturated carbocycles. The Morgan fingerprint density at radius 2 is 1.96 bits per heavy atom. The van der Waals surface area contributed by atoms with Gasteiger partial charge in [-0.05, 0) is 55.7 Å². The number of nitrogens with one attached hydrogen (secondary N) is 1. The summed E-state index contributed by atoms with van der Waals surface area (Å²) in [6, 6.07) is 15.3. The maximum absolute atomic E-state index is 12.3. The van der Waals surface area contributed by atoms with Crippen molar-refractivity contribution in [2.24, 2.45) is 0 Å². The number of ether oxygens (including phenoxy) is 1. The summed E-state index contributed by atoms with van der Waals surface area (Å²) in [7, 11) is 1.65. The molecule has 2 aromatic carbocycles. The molecule has 0 atom stereocenters.